The monoisotopic (exact) mass is 515 g/mol. The standard InChI is InChI=1S/C36H21NO3/c1-3-13-31-25(7-1)27-11-5-9-23(35(27)39-31)21-15-17-29-33(19-21)38-34-20-22(16-18-30(34)37-29)24-10-6-12-28-26-8-2-4-14-32(26)40-36(24)28/h1-20,37H. The van der Waals surface area contributed by atoms with E-state index in [4.69, 9.17) is 13.6 Å². The van der Waals surface area contributed by atoms with Gasteiger partial charge in [0.1, 0.15) is 22.3 Å². The summed E-state index contributed by atoms with van der Waals surface area (Å²) in [5.74, 6) is 1.55. The van der Waals surface area contributed by atoms with Crippen LogP contribution in [0.3, 0.4) is 0 Å². The van der Waals surface area contributed by atoms with Crippen molar-refractivity contribution >= 4 is 55.3 Å². The molecule has 8 aromatic rings. The van der Waals surface area contributed by atoms with Crippen LogP contribution in [0, 0.1) is 0 Å². The highest BCUT2D eigenvalue weighted by Gasteiger charge is 2.21. The summed E-state index contributed by atoms with van der Waals surface area (Å²) in [5, 5.41) is 8.01. The van der Waals surface area contributed by atoms with Crippen LogP contribution in [0.4, 0.5) is 11.4 Å². The summed E-state index contributed by atoms with van der Waals surface area (Å²) in [6.45, 7) is 0. The fraction of sp³-hybridized carbons (Fsp3) is 0. The van der Waals surface area contributed by atoms with Crippen LogP contribution in [-0.4, -0.2) is 0 Å². The Bertz CT molecular complexity index is 2130. The van der Waals surface area contributed by atoms with Crippen molar-refractivity contribution in [2.45, 2.75) is 0 Å². The van der Waals surface area contributed by atoms with Crippen LogP contribution in [0.1, 0.15) is 0 Å². The molecule has 0 radical (unpaired) electrons. The van der Waals surface area contributed by atoms with Crippen LogP contribution in [0.2, 0.25) is 0 Å². The van der Waals surface area contributed by atoms with Crippen LogP contribution in [0.5, 0.6) is 11.5 Å². The number of hydrogen-bond acceptors (Lipinski definition) is 4. The van der Waals surface area contributed by atoms with Gasteiger partial charge in [0.25, 0.3) is 0 Å². The van der Waals surface area contributed by atoms with Crippen molar-refractivity contribution in [1.29, 1.82) is 0 Å². The molecule has 0 fully saturated rings. The number of hydrogen-bond donors (Lipinski definition) is 1. The molecule has 1 aliphatic rings. The molecule has 0 amide bonds. The average molecular weight is 516 g/mol. The molecule has 9 rings (SSSR count). The lowest BCUT2D eigenvalue weighted by atomic mass is 10.00. The van der Waals surface area contributed by atoms with Crippen molar-refractivity contribution in [2.75, 3.05) is 5.32 Å². The Morgan fingerprint density at radius 1 is 0.425 bits per heavy atom. The van der Waals surface area contributed by atoms with E-state index in [0.29, 0.717) is 0 Å². The van der Waals surface area contributed by atoms with Crippen LogP contribution in [0.15, 0.2) is 130 Å². The van der Waals surface area contributed by atoms with Gasteiger partial charge in [-0.1, -0.05) is 84.9 Å². The highest BCUT2D eigenvalue weighted by Crippen LogP contribution is 2.47. The fourth-order valence-corrected chi connectivity index (χ4v) is 5.97. The number of ether oxygens (including phenoxy) is 1. The lowest BCUT2D eigenvalue weighted by Gasteiger charge is -2.23. The van der Waals surface area contributed by atoms with E-state index in [0.717, 1.165) is 89.0 Å². The number of benzene rings is 6. The molecular formula is C36H21NO3. The minimum Gasteiger partial charge on any atom is -0.455 e. The summed E-state index contributed by atoms with van der Waals surface area (Å²) < 4.78 is 19.1. The Morgan fingerprint density at radius 2 is 0.900 bits per heavy atom. The van der Waals surface area contributed by atoms with Gasteiger partial charge in [-0.2, -0.15) is 0 Å². The molecule has 40 heavy (non-hydrogen) atoms. The Labute approximate surface area is 229 Å². The number of fused-ring (bicyclic) bond motifs is 8. The van der Waals surface area contributed by atoms with Crippen molar-refractivity contribution < 1.29 is 13.6 Å². The number of anilines is 2. The molecule has 0 saturated heterocycles. The van der Waals surface area contributed by atoms with Gasteiger partial charge in [0.05, 0.1) is 11.4 Å². The van der Waals surface area contributed by atoms with Gasteiger partial charge in [-0.3, -0.25) is 0 Å². The van der Waals surface area contributed by atoms with E-state index in [1.54, 1.807) is 0 Å². The molecule has 4 nitrogen and oxygen atoms in total. The first-order valence-corrected chi connectivity index (χ1v) is 13.3. The number of furan rings is 2. The third-order valence-corrected chi connectivity index (χ3v) is 7.88. The maximum atomic E-state index is 6.52. The van der Waals surface area contributed by atoms with E-state index in [2.05, 4.69) is 90.2 Å². The Kier molecular flexibility index (Phi) is 4.30. The zero-order chi connectivity index (χ0) is 26.2. The third kappa shape index (κ3) is 3.07. The van der Waals surface area contributed by atoms with Crippen molar-refractivity contribution in [3.63, 3.8) is 0 Å². The molecule has 1 aliphatic heterocycles. The minimum absolute atomic E-state index is 0.775. The van der Waals surface area contributed by atoms with Crippen LogP contribution in [-0.2, 0) is 0 Å². The van der Waals surface area contributed by atoms with Gasteiger partial charge in [0, 0.05) is 32.7 Å². The van der Waals surface area contributed by atoms with E-state index in [1.165, 1.54) is 0 Å². The van der Waals surface area contributed by atoms with Gasteiger partial charge in [0.2, 0.25) is 0 Å². The Balaban J connectivity index is 1.13. The van der Waals surface area contributed by atoms with Gasteiger partial charge in [-0.05, 0) is 47.5 Å². The smallest absolute Gasteiger partial charge is 0.151 e. The van der Waals surface area contributed by atoms with Crippen molar-refractivity contribution in [3.8, 4) is 33.8 Å². The molecule has 2 aromatic heterocycles. The van der Waals surface area contributed by atoms with Gasteiger partial charge < -0.3 is 18.9 Å². The maximum absolute atomic E-state index is 6.52. The number of nitrogens with one attached hydrogen (secondary N) is 1. The van der Waals surface area contributed by atoms with E-state index < -0.39 is 0 Å². The van der Waals surface area contributed by atoms with Crippen molar-refractivity contribution in [2.24, 2.45) is 0 Å². The van der Waals surface area contributed by atoms with Gasteiger partial charge in [0.15, 0.2) is 11.5 Å². The van der Waals surface area contributed by atoms with Crippen LogP contribution >= 0.6 is 0 Å². The second kappa shape index (κ2) is 8.01. The second-order valence-corrected chi connectivity index (χ2v) is 10.2. The third-order valence-electron chi connectivity index (χ3n) is 7.88. The summed E-state index contributed by atoms with van der Waals surface area (Å²) in [6.07, 6.45) is 0. The molecule has 188 valence electrons. The predicted octanol–water partition coefficient (Wildman–Crippen LogP) is 10.7. The highest BCUT2D eigenvalue weighted by molar-refractivity contribution is 6.10. The summed E-state index contributed by atoms with van der Waals surface area (Å²) in [6, 6.07) is 41.4. The molecule has 6 aromatic carbocycles. The Morgan fingerprint density at radius 3 is 1.43 bits per heavy atom. The lowest BCUT2D eigenvalue weighted by molar-refractivity contribution is 0.481. The molecule has 0 unspecified atom stereocenters. The predicted molar refractivity (Wildman–Crippen MR) is 162 cm³/mol. The first kappa shape index (κ1) is 21.5. The topological polar surface area (TPSA) is 47.5 Å². The minimum atomic E-state index is 0.775. The van der Waals surface area contributed by atoms with E-state index in [1.807, 2.05) is 36.4 Å². The maximum Gasteiger partial charge on any atom is 0.151 e. The van der Waals surface area contributed by atoms with Crippen LogP contribution < -0.4 is 10.1 Å². The van der Waals surface area contributed by atoms with E-state index in [-0.39, 0.29) is 0 Å². The molecule has 1 N–H and O–H groups in total. The first-order chi connectivity index (χ1) is 19.8. The average Bonchev–Trinajstić information content (AvgIpc) is 3.58. The first-order valence-electron chi connectivity index (χ1n) is 13.3. The molecule has 0 bridgehead atoms. The van der Waals surface area contributed by atoms with Gasteiger partial charge in [-0.15, -0.1) is 0 Å². The largest absolute Gasteiger partial charge is 0.455 e. The fourth-order valence-electron chi connectivity index (χ4n) is 5.97. The molecule has 4 heteroatoms. The van der Waals surface area contributed by atoms with Crippen LogP contribution in [0.25, 0.3) is 66.1 Å². The molecular weight excluding hydrogens is 494 g/mol. The van der Waals surface area contributed by atoms with E-state index in [9.17, 15) is 0 Å². The Hall–Kier alpha value is -5.48. The normalized spacial score (nSPS) is 12.4. The molecule has 0 saturated carbocycles. The molecule has 0 atom stereocenters. The summed E-state index contributed by atoms with van der Waals surface area (Å²) in [4.78, 5) is 0. The van der Waals surface area contributed by atoms with Gasteiger partial charge >= 0.3 is 0 Å². The number of rotatable bonds is 2. The summed E-state index contributed by atoms with van der Waals surface area (Å²) in [5.41, 5.74) is 9.56. The quantitative estimate of drug-likeness (QED) is 0.249. The summed E-state index contributed by atoms with van der Waals surface area (Å²) >= 11 is 0. The molecule has 3 heterocycles. The number of para-hydroxylation sites is 4. The molecule has 0 spiro atoms. The lowest BCUT2D eigenvalue weighted by Crippen LogP contribution is -2.03. The second-order valence-electron chi connectivity index (χ2n) is 10.2. The van der Waals surface area contributed by atoms with E-state index >= 15 is 0 Å². The zero-order valence-corrected chi connectivity index (χ0v) is 21.3. The van der Waals surface area contributed by atoms with Crippen molar-refractivity contribution in [3.05, 3.63) is 121 Å². The SMILES string of the molecule is c1ccc2c(c1)oc1c(-c3ccc4c(c3)Oc3cc(-c5cccc6c5oc5ccccc56)ccc3N4)cccc12. The molecule has 0 aliphatic carbocycles. The highest BCUT2D eigenvalue weighted by atomic mass is 16.5. The zero-order valence-electron chi connectivity index (χ0n) is 21.3. The van der Waals surface area contributed by atoms with Crippen molar-refractivity contribution in [1.82, 2.24) is 0 Å². The summed E-state index contributed by atoms with van der Waals surface area (Å²) in [7, 11) is 0. The van der Waals surface area contributed by atoms with Gasteiger partial charge in [-0.25, -0.2) is 0 Å².